The van der Waals surface area contributed by atoms with Crippen molar-refractivity contribution in [2.75, 3.05) is 14.1 Å². The maximum atomic E-state index is 8.74. The number of hydrogen-bond donors (Lipinski definition) is 2. The summed E-state index contributed by atoms with van der Waals surface area (Å²) in [5.74, 6) is 0. The largest absolute Gasteiger partial charge is 0.394 e. The molecule has 0 aromatic carbocycles. The first-order valence-electron chi connectivity index (χ1n) is 9.58. The molecule has 0 aromatic rings. The predicted molar refractivity (Wildman–Crippen MR) is 103 cm³/mol. The zero-order valence-electron chi connectivity index (χ0n) is 16.3. The van der Waals surface area contributed by atoms with Crippen molar-refractivity contribution in [2.45, 2.75) is 103 Å². The first-order valence-corrected chi connectivity index (χ1v) is 11.0. The van der Waals surface area contributed by atoms with E-state index >= 15 is 0 Å². The van der Waals surface area contributed by atoms with Crippen LogP contribution in [-0.2, 0) is 10.4 Å². The first kappa shape index (κ1) is 26.1. The van der Waals surface area contributed by atoms with Gasteiger partial charge in [-0.15, -0.1) is 0 Å². The Bertz CT molecular complexity index is 337. The standard InChI is InChI=1S/C18H39N.H2O4S/c1-5-7-9-11-12-13-15-17-18(19(3)4)16-14-10-8-6-2;1-5(2,3)4/h18H,5-17H2,1-4H3;(H2,1,2,3,4). The second-order valence-electron chi connectivity index (χ2n) is 6.82. The monoisotopic (exact) mass is 367 g/mol. The van der Waals surface area contributed by atoms with Crippen molar-refractivity contribution < 1.29 is 17.5 Å². The molecular formula is C18H41NO4S. The summed E-state index contributed by atoms with van der Waals surface area (Å²) in [6.45, 7) is 4.59. The molecule has 1 unspecified atom stereocenters. The fourth-order valence-electron chi connectivity index (χ4n) is 2.80. The topological polar surface area (TPSA) is 77.8 Å². The molecule has 0 saturated heterocycles. The van der Waals surface area contributed by atoms with E-state index in [-0.39, 0.29) is 0 Å². The van der Waals surface area contributed by atoms with Gasteiger partial charge in [-0.1, -0.05) is 84.5 Å². The van der Waals surface area contributed by atoms with Gasteiger partial charge in [-0.3, -0.25) is 9.11 Å². The summed E-state index contributed by atoms with van der Waals surface area (Å²) in [5, 5.41) is 0. The van der Waals surface area contributed by atoms with Gasteiger partial charge in [0.25, 0.3) is 0 Å². The molecule has 24 heavy (non-hydrogen) atoms. The summed E-state index contributed by atoms with van der Waals surface area (Å²) in [6, 6.07) is 0.826. The van der Waals surface area contributed by atoms with Crippen molar-refractivity contribution in [3.8, 4) is 0 Å². The van der Waals surface area contributed by atoms with E-state index in [0.29, 0.717) is 0 Å². The van der Waals surface area contributed by atoms with Gasteiger partial charge in [0.05, 0.1) is 0 Å². The van der Waals surface area contributed by atoms with E-state index in [0.717, 1.165) is 6.04 Å². The Morgan fingerprint density at radius 2 is 1.00 bits per heavy atom. The minimum atomic E-state index is -4.67. The van der Waals surface area contributed by atoms with Gasteiger partial charge < -0.3 is 4.90 Å². The molecule has 0 fully saturated rings. The SMILES string of the molecule is CCCCCCCCCC(CCCCCC)N(C)C.O=S(=O)(O)O. The van der Waals surface area contributed by atoms with Gasteiger partial charge in [0.1, 0.15) is 0 Å². The van der Waals surface area contributed by atoms with Gasteiger partial charge in [-0.2, -0.15) is 8.42 Å². The molecule has 6 heteroatoms. The van der Waals surface area contributed by atoms with Crippen LogP contribution < -0.4 is 0 Å². The molecule has 0 aromatic heterocycles. The van der Waals surface area contributed by atoms with Crippen LogP contribution >= 0.6 is 0 Å². The third-order valence-electron chi connectivity index (χ3n) is 4.26. The van der Waals surface area contributed by atoms with E-state index in [9.17, 15) is 0 Å². The fourth-order valence-corrected chi connectivity index (χ4v) is 2.80. The molecule has 0 rings (SSSR count). The van der Waals surface area contributed by atoms with Crippen molar-refractivity contribution >= 4 is 10.4 Å². The maximum absolute atomic E-state index is 8.74. The average molecular weight is 368 g/mol. The summed E-state index contributed by atoms with van der Waals surface area (Å²) in [6.07, 6.45) is 18.5. The summed E-state index contributed by atoms with van der Waals surface area (Å²) in [7, 11) is -0.155. The summed E-state index contributed by atoms with van der Waals surface area (Å²) >= 11 is 0. The lowest BCUT2D eigenvalue weighted by atomic mass is 10.00. The van der Waals surface area contributed by atoms with E-state index in [1.165, 1.54) is 83.5 Å². The van der Waals surface area contributed by atoms with Gasteiger partial charge in [0, 0.05) is 6.04 Å². The number of rotatable bonds is 14. The van der Waals surface area contributed by atoms with Crippen molar-refractivity contribution in [3.63, 3.8) is 0 Å². The van der Waals surface area contributed by atoms with Crippen LogP contribution in [-0.4, -0.2) is 42.6 Å². The van der Waals surface area contributed by atoms with Crippen LogP contribution in [0.5, 0.6) is 0 Å². The highest BCUT2D eigenvalue weighted by atomic mass is 32.3. The Kier molecular flexibility index (Phi) is 19.2. The van der Waals surface area contributed by atoms with Crippen LogP contribution in [0.15, 0.2) is 0 Å². The molecule has 148 valence electrons. The van der Waals surface area contributed by atoms with Crippen LogP contribution in [0.3, 0.4) is 0 Å². The maximum Gasteiger partial charge on any atom is 0.394 e. The number of hydrogen-bond acceptors (Lipinski definition) is 3. The second kappa shape index (κ2) is 17.6. The molecule has 0 amide bonds. The molecule has 0 aliphatic heterocycles. The van der Waals surface area contributed by atoms with Crippen LogP contribution in [0.25, 0.3) is 0 Å². The van der Waals surface area contributed by atoms with E-state index in [1.54, 1.807) is 0 Å². The normalized spacial score (nSPS) is 12.8. The Morgan fingerprint density at radius 3 is 1.33 bits per heavy atom. The lowest BCUT2D eigenvalue weighted by Gasteiger charge is -2.24. The minimum Gasteiger partial charge on any atom is -0.306 e. The van der Waals surface area contributed by atoms with Crippen LogP contribution in [0, 0.1) is 0 Å². The lowest BCUT2D eigenvalue weighted by Crippen LogP contribution is -2.27. The summed E-state index contributed by atoms with van der Waals surface area (Å²) in [4.78, 5) is 2.45. The zero-order chi connectivity index (χ0) is 18.8. The van der Waals surface area contributed by atoms with E-state index in [1.807, 2.05) is 0 Å². The predicted octanol–water partition coefficient (Wildman–Crippen LogP) is 5.37. The summed E-state index contributed by atoms with van der Waals surface area (Å²) < 4.78 is 31.6. The minimum absolute atomic E-state index is 0.826. The highest BCUT2D eigenvalue weighted by Crippen LogP contribution is 2.16. The van der Waals surface area contributed by atoms with Gasteiger partial charge in [-0.25, -0.2) is 0 Å². The molecular weight excluding hydrogens is 326 g/mol. The van der Waals surface area contributed by atoms with E-state index in [4.69, 9.17) is 17.5 Å². The number of nitrogens with zero attached hydrogens (tertiary/aromatic N) is 1. The average Bonchev–Trinajstić information content (AvgIpc) is 2.46. The Balaban J connectivity index is 0. The molecule has 2 N–H and O–H groups in total. The van der Waals surface area contributed by atoms with Crippen molar-refractivity contribution in [2.24, 2.45) is 0 Å². The smallest absolute Gasteiger partial charge is 0.306 e. The molecule has 0 saturated carbocycles. The Labute approximate surface area is 150 Å². The Hall–Kier alpha value is -0.170. The van der Waals surface area contributed by atoms with E-state index < -0.39 is 10.4 Å². The summed E-state index contributed by atoms with van der Waals surface area (Å²) in [5.41, 5.74) is 0. The molecule has 0 aliphatic carbocycles. The van der Waals surface area contributed by atoms with Crippen molar-refractivity contribution in [1.29, 1.82) is 0 Å². The van der Waals surface area contributed by atoms with Gasteiger partial charge >= 0.3 is 10.4 Å². The van der Waals surface area contributed by atoms with Crippen LogP contribution in [0.4, 0.5) is 0 Å². The fraction of sp³-hybridized carbons (Fsp3) is 1.00. The number of unbranched alkanes of at least 4 members (excludes halogenated alkanes) is 9. The highest BCUT2D eigenvalue weighted by molar-refractivity contribution is 7.79. The zero-order valence-corrected chi connectivity index (χ0v) is 17.2. The van der Waals surface area contributed by atoms with E-state index in [2.05, 4.69) is 32.8 Å². The van der Waals surface area contributed by atoms with Gasteiger partial charge in [0.15, 0.2) is 0 Å². The third-order valence-corrected chi connectivity index (χ3v) is 4.26. The molecule has 5 nitrogen and oxygen atoms in total. The van der Waals surface area contributed by atoms with Crippen molar-refractivity contribution in [1.82, 2.24) is 4.90 Å². The molecule has 0 heterocycles. The first-order chi connectivity index (χ1) is 11.2. The van der Waals surface area contributed by atoms with Crippen LogP contribution in [0.2, 0.25) is 0 Å². The Morgan fingerprint density at radius 1 is 0.708 bits per heavy atom. The van der Waals surface area contributed by atoms with Gasteiger partial charge in [0.2, 0.25) is 0 Å². The molecule has 0 bridgehead atoms. The third kappa shape index (κ3) is 26.7. The lowest BCUT2D eigenvalue weighted by molar-refractivity contribution is 0.251. The quantitative estimate of drug-likeness (QED) is 0.318. The molecule has 0 aliphatic rings. The van der Waals surface area contributed by atoms with Crippen LogP contribution in [0.1, 0.15) is 97.3 Å². The molecule has 1 atom stereocenters. The second-order valence-corrected chi connectivity index (χ2v) is 7.72. The van der Waals surface area contributed by atoms with Gasteiger partial charge in [-0.05, 0) is 26.9 Å². The molecule has 0 radical (unpaired) electrons. The molecule has 0 spiro atoms. The highest BCUT2D eigenvalue weighted by Gasteiger charge is 2.10. The van der Waals surface area contributed by atoms with Crippen molar-refractivity contribution in [3.05, 3.63) is 0 Å².